The number of piperidine rings is 1. The largest absolute Gasteiger partial charge is 0.497 e. The normalized spacial score (nSPS) is 19.2. The van der Waals surface area contributed by atoms with Gasteiger partial charge in [0.2, 0.25) is 0 Å². The van der Waals surface area contributed by atoms with Crippen LogP contribution in [0.25, 0.3) is 0 Å². The monoisotopic (exact) mass is 340 g/mol. The predicted octanol–water partition coefficient (Wildman–Crippen LogP) is 2.96. The molecular formula is C18H29ClN2O2. The molecule has 1 aliphatic heterocycles. The summed E-state index contributed by atoms with van der Waals surface area (Å²) < 4.78 is 11.0. The van der Waals surface area contributed by atoms with Crippen LogP contribution >= 0.6 is 12.4 Å². The first-order valence-corrected chi connectivity index (χ1v) is 8.56. The number of hydrogen-bond acceptors (Lipinski definition) is 4. The van der Waals surface area contributed by atoms with Crippen molar-refractivity contribution in [1.29, 1.82) is 0 Å². The summed E-state index contributed by atoms with van der Waals surface area (Å²) in [6.45, 7) is 5.39. The second kappa shape index (κ2) is 9.36. The first-order valence-electron chi connectivity index (χ1n) is 8.56. The van der Waals surface area contributed by atoms with Crippen LogP contribution in [-0.4, -0.2) is 50.8 Å². The van der Waals surface area contributed by atoms with Crippen molar-refractivity contribution in [2.24, 2.45) is 5.92 Å². The van der Waals surface area contributed by atoms with Crippen LogP contribution in [0.15, 0.2) is 24.3 Å². The zero-order valence-electron chi connectivity index (χ0n) is 14.0. The van der Waals surface area contributed by atoms with Gasteiger partial charge in [-0.2, -0.15) is 0 Å². The van der Waals surface area contributed by atoms with Crippen LogP contribution in [0.1, 0.15) is 25.7 Å². The summed E-state index contributed by atoms with van der Waals surface area (Å²) in [6, 6.07) is 8.54. The Balaban J connectivity index is 0.00000192. The van der Waals surface area contributed by atoms with E-state index in [1.165, 1.54) is 45.3 Å². The molecule has 23 heavy (non-hydrogen) atoms. The Labute approximate surface area is 145 Å². The molecule has 0 unspecified atom stereocenters. The maximum atomic E-state index is 5.81. The van der Waals surface area contributed by atoms with E-state index in [1.807, 2.05) is 24.3 Å². The number of rotatable bonds is 8. The standard InChI is InChI=1S/C18H28N2O2.ClH/c1-21-17-4-6-18(7-5-17)22-13-12-20-10-8-16(9-11-20)19-14-15-2-3-15;/h4-7,15-16,19H,2-3,8-14H2,1H3;1H. The number of hydrogen-bond donors (Lipinski definition) is 1. The van der Waals surface area contributed by atoms with E-state index in [1.54, 1.807) is 7.11 Å². The van der Waals surface area contributed by atoms with Crippen LogP contribution in [0.5, 0.6) is 11.5 Å². The molecule has 5 heteroatoms. The SMILES string of the molecule is COc1ccc(OCCN2CCC(NCC3CC3)CC2)cc1.Cl. The molecule has 2 aliphatic rings. The van der Waals surface area contributed by atoms with Gasteiger partial charge in [-0.3, -0.25) is 4.90 Å². The Bertz CT molecular complexity index is 443. The molecule has 1 saturated heterocycles. The maximum Gasteiger partial charge on any atom is 0.119 e. The highest BCUT2D eigenvalue weighted by atomic mass is 35.5. The maximum absolute atomic E-state index is 5.81. The van der Waals surface area contributed by atoms with Crippen molar-refractivity contribution in [3.63, 3.8) is 0 Å². The van der Waals surface area contributed by atoms with Gasteiger partial charge in [0, 0.05) is 12.6 Å². The highest BCUT2D eigenvalue weighted by Gasteiger charge is 2.24. The fraction of sp³-hybridized carbons (Fsp3) is 0.667. The Hall–Kier alpha value is -0.970. The summed E-state index contributed by atoms with van der Waals surface area (Å²) in [5.74, 6) is 2.77. The number of likely N-dealkylation sites (tertiary alicyclic amines) is 1. The molecule has 1 heterocycles. The lowest BCUT2D eigenvalue weighted by Gasteiger charge is -2.32. The van der Waals surface area contributed by atoms with E-state index >= 15 is 0 Å². The average Bonchev–Trinajstić information content (AvgIpc) is 3.39. The van der Waals surface area contributed by atoms with E-state index in [9.17, 15) is 0 Å². The van der Waals surface area contributed by atoms with E-state index in [0.29, 0.717) is 0 Å². The first-order chi connectivity index (χ1) is 10.8. The molecule has 0 amide bonds. The second-order valence-electron chi connectivity index (χ2n) is 6.49. The van der Waals surface area contributed by atoms with Gasteiger partial charge in [-0.15, -0.1) is 12.4 Å². The number of halogens is 1. The molecule has 2 fully saturated rings. The van der Waals surface area contributed by atoms with Crippen molar-refractivity contribution in [2.75, 3.05) is 39.9 Å². The van der Waals surface area contributed by atoms with Gasteiger partial charge in [-0.25, -0.2) is 0 Å². The average molecular weight is 341 g/mol. The number of ether oxygens (including phenoxy) is 2. The minimum absolute atomic E-state index is 0. The lowest BCUT2D eigenvalue weighted by Crippen LogP contribution is -2.44. The lowest BCUT2D eigenvalue weighted by atomic mass is 10.0. The third-order valence-corrected chi connectivity index (χ3v) is 4.72. The summed E-state index contributed by atoms with van der Waals surface area (Å²) in [4.78, 5) is 2.51. The quantitative estimate of drug-likeness (QED) is 0.789. The van der Waals surface area contributed by atoms with Crippen LogP contribution < -0.4 is 14.8 Å². The molecule has 0 bridgehead atoms. The van der Waals surface area contributed by atoms with Crippen molar-refractivity contribution in [2.45, 2.75) is 31.7 Å². The Morgan fingerprint density at radius 3 is 2.30 bits per heavy atom. The van der Waals surface area contributed by atoms with Crippen molar-refractivity contribution in [3.05, 3.63) is 24.3 Å². The fourth-order valence-corrected chi connectivity index (χ4v) is 2.98. The van der Waals surface area contributed by atoms with Gasteiger partial charge >= 0.3 is 0 Å². The molecule has 0 atom stereocenters. The van der Waals surface area contributed by atoms with Gasteiger partial charge in [0.05, 0.1) is 7.11 Å². The number of nitrogens with zero attached hydrogens (tertiary/aromatic N) is 1. The van der Waals surface area contributed by atoms with Crippen LogP contribution in [-0.2, 0) is 0 Å². The molecule has 1 aromatic carbocycles. The van der Waals surface area contributed by atoms with Crippen molar-refractivity contribution in [1.82, 2.24) is 10.2 Å². The fourth-order valence-electron chi connectivity index (χ4n) is 2.98. The van der Waals surface area contributed by atoms with Crippen LogP contribution in [0, 0.1) is 5.92 Å². The van der Waals surface area contributed by atoms with Gasteiger partial charge < -0.3 is 14.8 Å². The molecule has 0 spiro atoms. The summed E-state index contributed by atoms with van der Waals surface area (Å²) in [7, 11) is 1.68. The minimum Gasteiger partial charge on any atom is -0.497 e. The first kappa shape index (κ1) is 18.4. The summed E-state index contributed by atoms with van der Waals surface area (Å²) in [5.41, 5.74) is 0. The van der Waals surface area contributed by atoms with Crippen molar-refractivity contribution in [3.8, 4) is 11.5 Å². The van der Waals surface area contributed by atoms with E-state index in [-0.39, 0.29) is 12.4 Å². The third-order valence-electron chi connectivity index (χ3n) is 4.72. The molecule has 1 aliphatic carbocycles. The predicted molar refractivity (Wildman–Crippen MR) is 95.9 cm³/mol. The highest BCUT2D eigenvalue weighted by molar-refractivity contribution is 5.85. The van der Waals surface area contributed by atoms with E-state index < -0.39 is 0 Å². The zero-order valence-corrected chi connectivity index (χ0v) is 14.8. The van der Waals surface area contributed by atoms with Gasteiger partial charge in [-0.1, -0.05) is 0 Å². The molecular weight excluding hydrogens is 312 g/mol. The van der Waals surface area contributed by atoms with Crippen LogP contribution in [0.2, 0.25) is 0 Å². The summed E-state index contributed by atoms with van der Waals surface area (Å²) in [5, 5.41) is 3.73. The van der Waals surface area contributed by atoms with Gasteiger partial charge in [-0.05, 0) is 75.5 Å². The molecule has 0 aromatic heterocycles. The molecule has 130 valence electrons. The van der Waals surface area contributed by atoms with Crippen LogP contribution in [0.3, 0.4) is 0 Å². The number of methoxy groups -OCH3 is 1. The molecule has 1 saturated carbocycles. The summed E-state index contributed by atoms with van der Waals surface area (Å²) >= 11 is 0. The Morgan fingerprint density at radius 1 is 1.04 bits per heavy atom. The third kappa shape index (κ3) is 6.21. The molecule has 4 nitrogen and oxygen atoms in total. The summed E-state index contributed by atoms with van der Waals surface area (Å²) in [6.07, 6.45) is 5.42. The second-order valence-corrected chi connectivity index (χ2v) is 6.49. The van der Waals surface area contributed by atoms with Crippen molar-refractivity contribution < 1.29 is 9.47 Å². The molecule has 1 N–H and O–H groups in total. The zero-order chi connectivity index (χ0) is 15.2. The topological polar surface area (TPSA) is 33.7 Å². The van der Waals surface area contributed by atoms with E-state index in [0.717, 1.165) is 36.6 Å². The van der Waals surface area contributed by atoms with Gasteiger partial charge in [0.25, 0.3) is 0 Å². The molecule has 1 aromatic rings. The Kier molecular flexibility index (Phi) is 7.47. The number of benzene rings is 1. The molecule has 0 radical (unpaired) electrons. The lowest BCUT2D eigenvalue weighted by molar-refractivity contribution is 0.164. The highest BCUT2D eigenvalue weighted by Crippen LogP contribution is 2.28. The number of nitrogens with one attached hydrogen (secondary N) is 1. The van der Waals surface area contributed by atoms with Gasteiger partial charge in [0.1, 0.15) is 18.1 Å². The molecule has 3 rings (SSSR count). The van der Waals surface area contributed by atoms with Crippen LogP contribution in [0.4, 0.5) is 0 Å². The minimum atomic E-state index is 0. The van der Waals surface area contributed by atoms with E-state index in [2.05, 4.69) is 10.2 Å². The van der Waals surface area contributed by atoms with E-state index in [4.69, 9.17) is 9.47 Å². The smallest absolute Gasteiger partial charge is 0.119 e. The van der Waals surface area contributed by atoms with Crippen molar-refractivity contribution >= 4 is 12.4 Å². The van der Waals surface area contributed by atoms with Gasteiger partial charge in [0.15, 0.2) is 0 Å². The Morgan fingerprint density at radius 2 is 1.70 bits per heavy atom.